The molecule has 0 aromatic rings. The SMILES string of the molecule is CCCCCCCCCCCCCCCCCCCC(=O)O[C@H](COC(=O)CCCCCCCCCCCCCCCC(C)C)COP(=O)(O)OC[C@@H](O)COP(=O)(O)OC[C@@H](COC(=O)CCCCCCCCC)OC(=O)CCCCCCCCCC. The van der Waals surface area contributed by atoms with Crippen LogP contribution in [0, 0.1) is 5.92 Å². The first-order chi connectivity index (χ1) is 42.5. The highest BCUT2D eigenvalue weighted by Crippen LogP contribution is 2.45. The van der Waals surface area contributed by atoms with Gasteiger partial charge >= 0.3 is 39.5 Å². The van der Waals surface area contributed by atoms with Crippen molar-refractivity contribution in [1.29, 1.82) is 0 Å². The fourth-order valence-corrected chi connectivity index (χ4v) is 12.0. The Balaban J connectivity index is 5.17. The molecule has 2 unspecified atom stereocenters. The number of carbonyl (C=O) groups is 4. The van der Waals surface area contributed by atoms with Crippen LogP contribution < -0.4 is 0 Å². The van der Waals surface area contributed by atoms with E-state index in [1.54, 1.807) is 0 Å². The molecule has 3 N–H and O–H groups in total. The molecular weight excluding hydrogens is 1160 g/mol. The van der Waals surface area contributed by atoms with Crippen molar-refractivity contribution in [3.05, 3.63) is 0 Å². The fraction of sp³-hybridized carbons (Fsp3) is 0.942. The number of carbonyl (C=O) groups excluding carboxylic acids is 4. The number of hydrogen-bond donors (Lipinski definition) is 3. The lowest BCUT2D eigenvalue weighted by molar-refractivity contribution is -0.161. The van der Waals surface area contributed by atoms with Gasteiger partial charge in [-0.25, -0.2) is 9.13 Å². The van der Waals surface area contributed by atoms with Gasteiger partial charge in [-0.2, -0.15) is 0 Å². The average Bonchev–Trinajstić information content (AvgIpc) is 3.62. The van der Waals surface area contributed by atoms with Crippen LogP contribution in [0.3, 0.4) is 0 Å². The fourth-order valence-electron chi connectivity index (χ4n) is 10.5. The lowest BCUT2D eigenvalue weighted by Gasteiger charge is -2.21. The van der Waals surface area contributed by atoms with Crippen LogP contribution in [-0.2, 0) is 65.4 Å². The Bertz CT molecular complexity index is 1700. The van der Waals surface area contributed by atoms with Gasteiger partial charge in [0.05, 0.1) is 26.4 Å². The van der Waals surface area contributed by atoms with Crippen LogP contribution in [0.2, 0.25) is 0 Å². The first-order valence-electron chi connectivity index (χ1n) is 36.1. The van der Waals surface area contributed by atoms with E-state index in [4.69, 9.17) is 37.0 Å². The molecule has 0 heterocycles. The van der Waals surface area contributed by atoms with Gasteiger partial charge in [0.25, 0.3) is 0 Å². The van der Waals surface area contributed by atoms with E-state index in [1.807, 2.05) is 0 Å². The quantitative estimate of drug-likeness (QED) is 0.0222. The summed E-state index contributed by atoms with van der Waals surface area (Å²) < 4.78 is 68.1. The minimum Gasteiger partial charge on any atom is -0.462 e. The van der Waals surface area contributed by atoms with Crippen molar-refractivity contribution in [2.45, 2.75) is 374 Å². The molecular formula is C69H134O17P2. The molecule has 0 aliphatic carbocycles. The number of phosphoric acid groups is 2. The van der Waals surface area contributed by atoms with E-state index in [-0.39, 0.29) is 25.7 Å². The van der Waals surface area contributed by atoms with Crippen LogP contribution in [0.1, 0.15) is 356 Å². The van der Waals surface area contributed by atoms with Gasteiger partial charge in [-0.15, -0.1) is 0 Å². The Kier molecular flexibility index (Phi) is 61.1. The van der Waals surface area contributed by atoms with Gasteiger partial charge in [-0.3, -0.25) is 37.3 Å². The van der Waals surface area contributed by atoms with E-state index in [0.29, 0.717) is 25.7 Å². The van der Waals surface area contributed by atoms with Crippen LogP contribution in [-0.4, -0.2) is 96.7 Å². The summed E-state index contributed by atoms with van der Waals surface area (Å²) in [6.45, 7) is 7.19. The van der Waals surface area contributed by atoms with Crippen molar-refractivity contribution in [2.24, 2.45) is 5.92 Å². The minimum absolute atomic E-state index is 0.105. The third-order valence-corrected chi connectivity index (χ3v) is 17.9. The Morgan fingerprint density at radius 3 is 0.773 bits per heavy atom. The molecule has 0 aromatic carbocycles. The van der Waals surface area contributed by atoms with Gasteiger partial charge < -0.3 is 33.8 Å². The number of hydrogen-bond acceptors (Lipinski definition) is 15. The summed E-state index contributed by atoms with van der Waals surface area (Å²) in [5, 5.41) is 10.5. The number of ether oxygens (including phenoxy) is 4. The van der Waals surface area contributed by atoms with Crippen LogP contribution in [0.15, 0.2) is 0 Å². The van der Waals surface area contributed by atoms with Crippen molar-refractivity contribution < 1.29 is 80.2 Å². The van der Waals surface area contributed by atoms with Crippen molar-refractivity contribution in [3.8, 4) is 0 Å². The van der Waals surface area contributed by atoms with E-state index in [2.05, 4.69) is 34.6 Å². The third-order valence-electron chi connectivity index (χ3n) is 16.0. The third kappa shape index (κ3) is 62.8. The predicted octanol–water partition coefficient (Wildman–Crippen LogP) is 19.7. The monoisotopic (exact) mass is 1300 g/mol. The second kappa shape index (κ2) is 62.5. The van der Waals surface area contributed by atoms with Crippen molar-refractivity contribution in [2.75, 3.05) is 39.6 Å². The van der Waals surface area contributed by atoms with Gasteiger partial charge in [0.2, 0.25) is 0 Å². The standard InChI is InChI=1S/C69H134O17P2/c1-6-9-12-15-18-20-21-22-23-24-25-28-32-35-40-45-50-55-69(74)86-65(59-80-67(72)53-48-43-39-34-31-29-26-27-30-33-37-41-46-51-62(4)5)61-84-88(77,78)82-57-63(70)56-81-87(75,76)83-60-64(58-79-66(71)52-47-42-36-17-14-11-8-3)85-68(73)54-49-44-38-19-16-13-10-7-2/h62-65,70H,6-61H2,1-5H3,(H,75,76)(H,77,78)/t63-,64+,65+/m0/s1. The van der Waals surface area contributed by atoms with E-state index in [1.165, 1.54) is 161 Å². The molecule has 0 bridgehead atoms. The second-order valence-corrected chi connectivity index (χ2v) is 28.3. The van der Waals surface area contributed by atoms with Crippen LogP contribution >= 0.6 is 15.6 Å². The maximum absolute atomic E-state index is 13.0. The first kappa shape index (κ1) is 86.1. The molecule has 0 amide bonds. The molecule has 0 fully saturated rings. The molecule has 522 valence electrons. The summed E-state index contributed by atoms with van der Waals surface area (Å²) >= 11 is 0. The summed E-state index contributed by atoms with van der Waals surface area (Å²) in [6.07, 6.45) is 48.8. The number of rotatable bonds is 69. The zero-order valence-corrected chi connectivity index (χ0v) is 58.6. The smallest absolute Gasteiger partial charge is 0.462 e. The summed E-state index contributed by atoms with van der Waals surface area (Å²) in [5.74, 6) is -1.34. The molecule has 0 saturated carbocycles. The van der Waals surface area contributed by atoms with Crippen molar-refractivity contribution in [3.63, 3.8) is 0 Å². The summed E-state index contributed by atoms with van der Waals surface area (Å²) in [7, 11) is -9.89. The number of unbranched alkanes of at least 4 members (excludes halogenated alkanes) is 41. The highest BCUT2D eigenvalue weighted by molar-refractivity contribution is 7.47. The number of esters is 4. The van der Waals surface area contributed by atoms with E-state index in [0.717, 1.165) is 115 Å². The summed E-state index contributed by atoms with van der Waals surface area (Å²) in [5.41, 5.74) is 0. The molecule has 0 rings (SSSR count). The number of aliphatic hydroxyl groups is 1. The Morgan fingerprint density at radius 2 is 0.523 bits per heavy atom. The van der Waals surface area contributed by atoms with Gasteiger partial charge in [-0.1, -0.05) is 304 Å². The molecule has 0 spiro atoms. The average molecular weight is 1300 g/mol. The van der Waals surface area contributed by atoms with Gasteiger partial charge in [0, 0.05) is 25.7 Å². The highest BCUT2D eigenvalue weighted by Gasteiger charge is 2.30. The minimum atomic E-state index is -4.95. The molecule has 0 aliphatic rings. The number of phosphoric ester groups is 2. The van der Waals surface area contributed by atoms with E-state index < -0.39 is 97.5 Å². The zero-order valence-electron chi connectivity index (χ0n) is 56.9. The topological polar surface area (TPSA) is 237 Å². The highest BCUT2D eigenvalue weighted by atomic mass is 31.2. The molecule has 5 atom stereocenters. The first-order valence-corrected chi connectivity index (χ1v) is 39.1. The Labute approximate surface area is 537 Å². The van der Waals surface area contributed by atoms with Crippen molar-refractivity contribution >= 4 is 39.5 Å². The van der Waals surface area contributed by atoms with Gasteiger partial charge in [-0.05, 0) is 31.6 Å². The Hall–Kier alpha value is -1.94. The molecule has 0 radical (unpaired) electrons. The second-order valence-electron chi connectivity index (χ2n) is 25.4. The lowest BCUT2D eigenvalue weighted by atomic mass is 10.0. The zero-order chi connectivity index (χ0) is 64.9. The molecule has 0 saturated heterocycles. The number of aliphatic hydroxyl groups excluding tert-OH is 1. The summed E-state index contributed by atoms with van der Waals surface area (Å²) in [6, 6.07) is 0. The lowest BCUT2D eigenvalue weighted by Crippen LogP contribution is -2.30. The van der Waals surface area contributed by atoms with Gasteiger partial charge in [0.15, 0.2) is 12.2 Å². The van der Waals surface area contributed by atoms with Crippen LogP contribution in [0.4, 0.5) is 0 Å². The normalized spacial score (nSPS) is 14.1. The van der Waals surface area contributed by atoms with Gasteiger partial charge in [0.1, 0.15) is 19.3 Å². The van der Waals surface area contributed by atoms with E-state index >= 15 is 0 Å². The molecule has 88 heavy (non-hydrogen) atoms. The molecule has 0 aromatic heterocycles. The van der Waals surface area contributed by atoms with E-state index in [9.17, 15) is 43.2 Å². The summed E-state index contributed by atoms with van der Waals surface area (Å²) in [4.78, 5) is 72.3. The molecule has 19 heteroatoms. The molecule has 0 aliphatic heterocycles. The maximum Gasteiger partial charge on any atom is 0.472 e. The molecule has 17 nitrogen and oxygen atoms in total. The maximum atomic E-state index is 13.0. The Morgan fingerprint density at radius 1 is 0.307 bits per heavy atom. The van der Waals surface area contributed by atoms with Crippen molar-refractivity contribution in [1.82, 2.24) is 0 Å². The van der Waals surface area contributed by atoms with Crippen LogP contribution in [0.25, 0.3) is 0 Å². The van der Waals surface area contributed by atoms with Crippen LogP contribution in [0.5, 0.6) is 0 Å². The largest absolute Gasteiger partial charge is 0.472 e. The predicted molar refractivity (Wildman–Crippen MR) is 354 cm³/mol.